The summed E-state index contributed by atoms with van der Waals surface area (Å²) in [6.45, 7) is 1.58. The monoisotopic (exact) mass is 526 g/mol. The second kappa shape index (κ2) is 10.7. The van der Waals surface area contributed by atoms with Crippen LogP contribution < -0.4 is 20.7 Å². The average Bonchev–Trinajstić information content (AvgIpc) is 2.98. The van der Waals surface area contributed by atoms with Crippen LogP contribution in [0, 0.1) is 0 Å². The molecule has 0 amide bonds. The second-order valence-corrected chi connectivity index (χ2v) is 11.6. The quantitative estimate of drug-likeness (QED) is 0.223. The number of carbonyl (C=O) groups is 1. The molecule has 0 fully saturated rings. The van der Waals surface area contributed by atoms with E-state index in [9.17, 15) is 9.90 Å². The van der Waals surface area contributed by atoms with E-state index in [4.69, 9.17) is 4.74 Å². The lowest BCUT2D eigenvalue weighted by molar-refractivity contribution is -0.144. The molecule has 0 aromatic heterocycles. The van der Waals surface area contributed by atoms with Crippen molar-refractivity contribution in [2.75, 3.05) is 0 Å². The number of aliphatic carboxylic acids is 1. The SMILES string of the molecule is C[C@H](Oc1ccc2ccccc2c1-c1c(P(c2ccccc2)c2ccccc2)ccc2ccccc12)C(=O)O. The van der Waals surface area contributed by atoms with Gasteiger partial charge in [0.1, 0.15) is 5.75 Å². The van der Waals surface area contributed by atoms with Gasteiger partial charge in [-0.2, -0.15) is 0 Å². The summed E-state index contributed by atoms with van der Waals surface area (Å²) in [4.78, 5) is 11.9. The first-order valence-electron chi connectivity index (χ1n) is 13.0. The van der Waals surface area contributed by atoms with Crippen molar-refractivity contribution in [3.63, 3.8) is 0 Å². The number of ether oxygens (including phenoxy) is 1. The molecule has 0 heterocycles. The van der Waals surface area contributed by atoms with Gasteiger partial charge in [-0.15, -0.1) is 0 Å². The van der Waals surface area contributed by atoms with Crippen LogP contribution in [-0.4, -0.2) is 17.2 Å². The van der Waals surface area contributed by atoms with E-state index in [1.165, 1.54) is 15.9 Å². The van der Waals surface area contributed by atoms with E-state index in [0.29, 0.717) is 5.75 Å². The van der Waals surface area contributed by atoms with Gasteiger partial charge in [0.05, 0.1) is 0 Å². The van der Waals surface area contributed by atoms with E-state index >= 15 is 0 Å². The number of hydrogen-bond donors (Lipinski definition) is 1. The molecule has 1 atom stereocenters. The van der Waals surface area contributed by atoms with Crippen molar-refractivity contribution in [3.05, 3.63) is 133 Å². The Hall–Kier alpha value is -4.46. The van der Waals surface area contributed by atoms with Crippen LogP contribution in [0.4, 0.5) is 0 Å². The third-order valence-electron chi connectivity index (χ3n) is 6.97. The highest BCUT2D eigenvalue weighted by Gasteiger charge is 2.26. The zero-order valence-corrected chi connectivity index (χ0v) is 22.4. The Kier molecular flexibility index (Phi) is 6.84. The summed E-state index contributed by atoms with van der Waals surface area (Å²) in [5.41, 5.74) is 2.00. The number of carboxylic acids is 1. The second-order valence-electron chi connectivity index (χ2n) is 9.45. The molecule has 6 aromatic rings. The van der Waals surface area contributed by atoms with Crippen LogP contribution in [-0.2, 0) is 4.79 Å². The van der Waals surface area contributed by atoms with E-state index in [1.54, 1.807) is 6.92 Å². The van der Waals surface area contributed by atoms with Gasteiger partial charge in [-0.25, -0.2) is 4.79 Å². The molecule has 190 valence electrons. The van der Waals surface area contributed by atoms with Gasteiger partial charge in [0.2, 0.25) is 0 Å². The predicted molar refractivity (Wildman–Crippen MR) is 163 cm³/mol. The van der Waals surface area contributed by atoms with Crippen LogP contribution in [0.1, 0.15) is 6.92 Å². The van der Waals surface area contributed by atoms with E-state index in [-0.39, 0.29) is 0 Å². The largest absolute Gasteiger partial charge is 0.479 e. The molecule has 1 N–H and O–H groups in total. The zero-order chi connectivity index (χ0) is 26.8. The molecular formula is C35H27O3P. The maximum absolute atomic E-state index is 11.9. The highest BCUT2D eigenvalue weighted by atomic mass is 31.1. The number of carboxylic acid groups (broad SMARTS) is 1. The summed E-state index contributed by atoms with van der Waals surface area (Å²) in [6, 6.07) is 46.3. The van der Waals surface area contributed by atoms with E-state index in [0.717, 1.165) is 32.7 Å². The maximum Gasteiger partial charge on any atom is 0.344 e. The van der Waals surface area contributed by atoms with Crippen LogP contribution in [0.5, 0.6) is 5.75 Å². The Labute approximate surface area is 229 Å². The average molecular weight is 527 g/mol. The third-order valence-corrected chi connectivity index (χ3v) is 9.45. The predicted octanol–water partition coefficient (Wildman–Crippen LogP) is 7.27. The molecule has 0 aliphatic carbocycles. The van der Waals surface area contributed by atoms with Crippen molar-refractivity contribution in [1.82, 2.24) is 0 Å². The van der Waals surface area contributed by atoms with E-state index < -0.39 is 20.0 Å². The van der Waals surface area contributed by atoms with E-state index in [2.05, 4.69) is 97.1 Å². The van der Waals surface area contributed by atoms with Crippen molar-refractivity contribution in [2.24, 2.45) is 0 Å². The highest BCUT2D eigenvalue weighted by Crippen LogP contribution is 2.45. The molecule has 0 radical (unpaired) electrons. The van der Waals surface area contributed by atoms with Gasteiger partial charge >= 0.3 is 5.97 Å². The molecule has 0 aliphatic rings. The minimum atomic E-state index is -0.997. The fourth-order valence-electron chi connectivity index (χ4n) is 5.14. The fourth-order valence-corrected chi connectivity index (χ4v) is 7.61. The molecule has 0 unspecified atom stereocenters. The van der Waals surface area contributed by atoms with Crippen molar-refractivity contribution >= 4 is 51.3 Å². The lowest BCUT2D eigenvalue weighted by Gasteiger charge is -2.26. The molecule has 0 aliphatic heterocycles. The molecule has 0 saturated carbocycles. The van der Waals surface area contributed by atoms with Crippen molar-refractivity contribution in [2.45, 2.75) is 13.0 Å². The van der Waals surface area contributed by atoms with Gasteiger partial charge in [-0.3, -0.25) is 0 Å². The van der Waals surface area contributed by atoms with Crippen LogP contribution in [0.2, 0.25) is 0 Å². The highest BCUT2D eigenvalue weighted by molar-refractivity contribution is 7.80. The Morgan fingerprint density at radius 2 is 1.10 bits per heavy atom. The third kappa shape index (κ3) is 4.78. The van der Waals surface area contributed by atoms with Crippen molar-refractivity contribution < 1.29 is 14.6 Å². The normalized spacial score (nSPS) is 12.1. The summed E-state index contributed by atoms with van der Waals surface area (Å²) in [7, 11) is -0.936. The zero-order valence-electron chi connectivity index (χ0n) is 21.5. The molecule has 4 heteroatoms. The fraction of sp³-hybridized carbons (Fsp3) is 0.0571. The molecule has 0 spiro atoms. The molecule has 3 nitrogen and oxygen atoms in total. The molecule has 0 saturated heterocycles. The number of hydrogen-bond acceptors (Lipinski definition) is 2. The maximum atomic E-state index is 11.9. The molecule has 39 heavy (non-hydrogen) atoms. The van der Waals surface area contributed by atoms with Gasteiger partial charge in [0.25, 0.3) is 0 Å². The molecular weight excluding hydrogens is 499 g/mol. The van der Waals surface area contributed by atoms with Crippen LogP contribution in [0.25, 0.3) is 32.7 Å². The standard InChI is InChI=1S/C35H27O3P/c1-24(35(36)37)38-31-22-20-25-12-8-10-18-29(25)33(31)34-30-19-11-9-13-26(30)21-23-32(34)39(27-14-4-2-5-15-27)28-16-6-3-7-17-28/h2-24H,1H3,(H,36,37)/t24-/m0/s1. The first-order valence-corrected chi connectivity index (χ1v) is 14.3. The van der Waals surface area contributed by atoms with Gasteiger partial charge < -0.3 is 9.84 Å². The lowest BCUT2D eigenvalue weighted by Crippen LogP contribution is -2.24. The Bertz CT molecular complexity index is 1740. The minimum Gasteiger partial charge on any atom is -0.479 e. The Balaban J connectivity index is 1.74. The number of rotatable bonds is 7. The lowest BCUT2D eigenvalue weighted by atomic mass is 9.93. The molecule has 6 aromatic carbocycles. The Morgan fingerprint density at radius 1 is 0.615 bits per heavy atom. The summed E-state index contributed by atoms with van der Waals surface area (Å²) < 4.78 is 6.17. The van der Waals surface area contributed by atoms with Gasteiger partial charge in [-0.05, 0) is 58.4 Å². The van der Waals surface area contributed by atoms with Crippen LogP contribution in [0.15, 0.2) is 133 Å². The summed E-state index contributed by atoms with van der Waals surface area (Å²) in [5.74, 6) is -0.430. The number of fused-ring (bicyclic) bond motifs is 2. The first-order chi connectivity index (χ1) is 19.1. The number of benzene rings is 6. The minimum absolute atomic E-state index is 0.567. The van der Waals surface area contributed by atoms with Crippen LogP contribution in [0.3, 0.4) is 0 Å². The smallest absolute Gasteiger partial charge is 0.344 e. The molecule has 6 rings (SSSR count). The summed E-state index contributed by atoms with van der Waals surface area (Å²) in [5, 5.41) is 17.7. The summed E-state index contributed by atoms with van der Waals surface area (Å²) in [6.07, 6.45) is -0.993. The van der Waals surface area contributed by atoms with E-state index in [1.807, 2.05) is 36.4 Å². The van der Waals surface area contributed by atoms with Gasteiger partial charge in [-0.1, -0.05) is 127 Å². The van der Waals surface area contributed by atoms with Crippen molar-refractivity contribution in [1.29, 1.82) is 0 Å². The van der Waals surface area contributed by atoms with Crippen LogP contribution >= 0.6 is 7.92 Å². The summed E-state index contributed by atoms with van der Waals surface area (Å²) >= 11 is 0. The first kappa shape index (κ1) is 24.9. The van der Waals surface area contributed by atoms with Crippen molar-refractivity contribution in [3.8, 4) is 16.9 Å². The topological polar surface area (TPSA) is 46.5 Å². The van der Waals surface area contributed by atoms with Gasteiger partial charge in [0, 0.05) is 11.1 Å². The molecule has 0 bridgehead atoms. The Morgan fingerprint density at radius 3 is 1.67 bits per heavy atom. The van der Waals surface area contributed by atoms with Gasteiger partial charge in [0.15, 0.2) is 6.10 Å².